The number of sulfonamides is 1. The van der Waals surface area contributed by atoms with Crippen LogP contribution in [-0.4, -0.2) is 28.1 Å². The third-order valence-corrected chi connectivity index (χ3v) is 6.51. The van der Waals surface area contributed by atoms with Crippen molar-refractivity contribution in [2.45, 2.75) is 42.6 Å². The van der Waals surface area contributed by atoms with Crippen LogP contribution in [0.1, 0.15) is 24.8 Å². The second-order valence-electron chi connectivity index (χ2n) is 6.86. The van der Waals surface area contributed by atoms with Gasteiger partial charge in [0.25, 0.3) is 0 Å². The zero-order valence-electron chi connectivity index (χ0n) is 16.6. The van der Waals surface area contributed by atoms with E-state index in [9.17, 15) is 8.42 Å². The van der Waals surface area contributed by atoms with Crippen LogP contribution in [0.3, 0.4) is 0 Å². The number of imidazole rings is 1. The van der Waals surface area contributed by atoms with Crippen molar-refractivity contribution in [2.24, 2.45) is 5.14 Å². The van der Waals surface area contributed by atoms with Crippen molar-refractivity contribution in [3.8, 4) is 11.4 Å². The van der Waals surface area contributed by atoms with E-state index >= 15 is 0 Å². The Balaban J connectivity index is 1.61. The molecule has 0 unspecified atom stereocenters. The molecule has 4 aromatic rings. The summed E-state index contributed by atoms with van der Waals surface area (Å²) in [6.07, 6.45) is 0.911. The first-order valence-corrected chi connectivity index (χ1v) is 11.9. The Morgan fingerprint density at radius 1 is 1.17 bits per heavy atom. The summed E-state index contributed by atoms with van der Waals surface area (Å²) in [6.45, 7) is 4.83. The average Bonchev–Trinajstić information content (AvgIpc) is 3.31. The fraction of sp³-hybridized carbons (Fsp3) is 0.250. The highest BCUT2D eigenvalue weighted by Gasteiger charge is 2.17. The van der Waals surface area contributed by atoms with Crippen molar-refractivity contribution in [3.05, 3.63) is 53.9 Å². The van der Waals surface area contributed by atoms with Crippen LogP contribution in [0.2, 0.25) is 0 Å². The number of aromatic nitrogens is 4. The van der Waals surface area contributed by atoms with Crippen LogP contribution in [0.5, 0.6) is 0 Å². The van der Waals surface area contributed by atoms with Crippen LogP contribution in [0.4, 0.5) is 0 Å². The fourth-order valence-corrected chi connectivity index (χ4v) is 4.60. The molecule has 8 nitrogen and oxygen atoms in total. The van der Waals surface area contributed by atoms with Gasteiger partial charge in [0, 0.05) is 12.1 Å². The van der Waals surface area contributed by atoms with E-state index < -0.39 is 10.0 Å². The molecule has 2 aromatic heterocycles. The molecule has 0 saturated heterocycles. The van der Waals surface area contributed by atoms with E-state index in [2.05, 4.69) is 26.6 Å². The summed E-state index contributed by atoms with van der Waals surface area (Å²) < 4.78 is 30.8. The molecule has 0 radical (unpaired) electrons. The van der Waals surface area contributed by atoms with Crippen LogP contribution >= 0.6 is 11.8 Å². The molecule has 0 bridgehead atoms. The van der Waals surface area contributed by atoms with E-state index in [0.29, 0.717) is 23.0 Å². The predicted molar refractivity (Wildman–Crippen MR) is 115 cm³/mol. The molecule has 0 aliphatic carbocycles. The summed E-state index contributed by atoms with van der Waals surface area (Å²) in [4.78, 5) is 9.17. The minimum atomic E-state index is -3.78. The van der Waals surface area contributed by atoms with Crippen molar-refractivity contribution in [1.29, 1.82) is 0 Å². The molecule has 0 spiro atoms. The first-order chi connectivity index (χ1) is 14.4. The van der Waals surface area contributed by atoms with Gasteiger partial charge in [-0.3, -0.25) is 0 Å². The molecular weight excluding hydrogens is 422 g/mol. The minimum Gasteiger partial charge on any atom is -0.338 e. The number of fused-ring (bicyclic) bond motifs is 1. The van der Waals surface area contributed by atoms with Crippen LogP contribution in [-0.2, 0) is 22.3 Å². The molecule has 30 heavy (non-hydrogen) atoms. The first-order valence-electron chi connectivity index (χ1n) is 9.41. The summed E-state index contributed by atoms with van der Waals surface area (Å²) in [5.74, 6) is 1.51. The Morgan fingerprint density at radius 2 is 1.97 bits per heavy atom. The molecule has 0 saturated carbocycles. The number of hydrogen-bond donors (Lipinski definition) is 1. The summed E-state index contributed by atoms with van der Waals surface area (Å²) in [5.41, 5.74) is 3.46. The van der Waals surface area contributed by atoms with Crippen LogP contribution in [0, 0.1) is 6.92 Å². The van der Waals surface area contributed by atoms with E-state index in [1.807, 2.05) is 31.2 Å². The summed E-state index contributed by atoms with van der Waals surface area (Å²) >= 11 is 1.47. The number of nitrogens with two attached hydrogens (primary N) is 1. The number of rotatable bonds is 7. The van der Waals surface area contributed by atoms with E-state index in [1.54, 1.807) is 6.07 Å². The van der Waals surface area contributed by atoms with Gasteiger partial charge in [-0.25, -0.2) is 18.5 Å². The molecule has 156 valence electrons. The van der Waals surface area contributed by atoms with E-state index in [1.165, 1.54) is 23.9 Å². The summed E-state index contributed by atoms with van der Waals surface area (Å²) in [7, 11) is -3.78. The third-order valence-electron chi connectivity index (χ3n) is 4.64. The smallest absolute Gasteiger partial charge is 0.238 e. The molecule has 0 aliphatic rings. The quantitative estimate of drug-likeness (QED) is 0.432. The monoisotopic (exact) mass is 443 g/mol. The zero-order valence-corrected chi connectivity index (χ0v) is 18.2. The number of hydrogen-bond acceptors (Lipinski definition) is 7. The normalized spacial score (nSPS) is 12.0. The highest BCUT2D eigenvalue weighted by molar-refractivity contribution is 7.98. The molecule has 0 atom stereocenters. The van der Waals surface area contributed by atoms with Gasteiger partial charge in [0.2, 0.25) is 21.7 Å². The van der Waals surface area contributed by atoms with Gasteiger partial charge in [0.05, 0.1) is 21.7 Å². The van der Waals surface area contributed by atoms with Crippen molar-refractivity contribution >= 4 is 32.8 Å². The van der Waals surface area contributed by atoms with Crippen molar-refractivity contribution < 1.29 is 12.9 Å². The molecule has 2 aromatic carbocycles. The number of nitrogens with zero attached hydrogens (tertiary/aromatic N) is 4. The molecular formula is C20H21N5O3S2. The highest BCUT2D eigenvalue weighted by atomic mass is 32.2. The lowest BCUT2D eigenvalue weighted by molar-refractivity contribution is 0.391. The molecule has 2 heterocycles. The maximum absolute atomic E-state index is 11.7. The van der Waals surface area contributed by atoms with Crippen molar-refractivity contribution in [3.63, 3.8) is 0 Å². The van der Waals surface area contributed by atoms with Gasteiger partial charge in [-0.1, -0.05) is 48.1 Å². The largest absolute Gasteiger partial charge is 0.338 e. The Morgan fingerprint density at radius 3 is 2.70 bits per heavy atom. The van der Waals surface area contributed by atoms with Gasteiger partial charge in [-0.05, 0) is 37.1 Å². The molecule has 10 heteroatoms. The summed E-state index contributed by atoms with van der Waals surface area (Å²) in [6, 6.07) is 12.6. The highest BCUT2D eigenvalue weighted by Crippen LogP contribution is 2.29. The standard InChI is InChI=1S/C20H21N5O3S2/c1-3-10-25-17-9-8-14(30(21,26)27)11-16(17)22-20(25)29-12-18-23-19(24-28-18)15-7-5-4-6-13(15)2/h4-9,11H,3,10,12H2,1-2H3,(H2,21,26,27). The number of primary sulfonamides is 1. The Labute approximate surface area is 178 Å². The topological polar surface area (TPSA) is 117 Å². The molecule has 2 N–H and O–H groups in total. The van der Waals surface area contributed by atoms with Gasteiger partial charge in [0.1, 0.15) is 0 Å². The predicted octanol–water partition coefficient (Wildman–Crippen LogP) is 3.74. The van der Waals surface area contributed by atoms with Gasteiger partial charge >= 0.3 is 0 Å². The number of aryl methyl sites for hydroxylation is 2. The minimum absolute atomic E-state index is 0.0486. The SMILES string of the molecule is CCCn1c(SCc2nc(-c3ccccc3C)no2)nc2cc(S(N)(=O)=O)ccc21. The molecule has 4 rings (SSSR count). The van der Waals surface area contributed by atoms with E-state index in [0.717, 1.165) is 34.8 Å². The lowest BCUT2D eigenvalue weighted by Gasteiger charge is -2.06. The van der Waals surface area contributed by atoms with Gasteiger partial charge in [-0.2, -0.15) is 4.98 Å². The van der Waals surface area contributed by atoms with Gasteiger partial charge < -0.3 is 9.09 Å². The molecule has 0 amide bonds. The number of thioether (sulfide) groups is 1. The Bertz CT molecular complexity index is 1310. The Kier molecular flexibility index (Phi) is 5.63. The lowest BCUT2D eigenvalue weighted by Crippen LogP contribution is -2.11. The van der Waals surface area contributed by atoms with Crippen LogP contribution in [0.25, 0.3) is 22.4 Å². The first kappa shape index (κ1) is 20.6. The molecule has 0 aliphatic heterocycles. The van der Waals surface area contributed by atoms with Gasteiger partial charge in [0.15, 0.2) is 5.16 Å². The third kappa shape index (κ3) is 4.11. The Hall–Kier alpha value is -2.69. The van der Waals surface area contributed by atoms with Crippen LogP contribution in [0.15, 0.2) is 57.0 Å². The number of benzene rings is 2. The molecule has 0 fully saturated rings. The lowest BCUT2D eigenvalue weighted by atomic mass is 10.1. The van der Waals surface area contributed by atoms with Crippen LogP contribution < -0.4 is 5.14 Å². The second kappa shape index (κ2) is 8.21. The van der Waals surface area contributed by atoms with Gasteiger partial charge in [-0.15, -0.1) is 0 Å². The maximum atomic E-state index is 11.7. The van der Waals surface area contributed by atoms with E-state index in [-0.39, 0.29) is 4.90 Å². The fourth-order valence-electron chi connectivity index (χ4n) is 3.19. The maximum Gasteiger partial charge on any atom is 0.238 e. The van der Waals surface area contributed by atoms with Crippen molar-refractivity contribution in [1.82, 2.24) is 19.7 Å². The van der Waals surface area contributed by atoms with E-state index in [4.69, 9.17) is 9.66 Å². The average molecular weight is 444 g/mol. The van der Waals surface area contributed by atoms with Crippen molar-refractivity contribution in [2.75, 3.05) is 0 Å². The second-order valence-corrected chi connectivity index (χ2v) is 9.36. The summed E-state index contributed by atoms with van der Waals surface area (Å²) in [5, 5.41) is 10.1. The zero-order chi connectivity index (χ0) is 21.3.